The molecule has 4 nitrogen and oxygen atoms in total. The van der Waals surface area contributed by atoms with Gasteiger partial charge in [-0.3, -0.25) is 4.68 Å². The topological polar surface area (TPSA) is 42.7 Å². The summed E-state index contributed by atoms with van der Waals surface area (Å²) < 4.78 is 2.20. The van der Waals surface area contributed by atoms with E-state index >= 15 is 0 Å². The zero-order chi connectivity index (χ0) is 15.7. The summed E-state index contributed by atoms with van der Waals surface area (Å²) in [5, 5.41) is 11.7. The molecule has 120 valence electrons. The van der Waals surface area contributed by atoms with Crippen LogP contribution in [0.5, 0.6) is 0 Å². The Morgan fingerprint density at radius 3 is 2.91 bits per heavy atom. The second-order valence-electron chi connectivity index (χ2n) is 7.04. The van der Waals surface area contributed by atoms with E-state index in [1.54, 1.807) is 11.3 Å². The minimum Gasteiger partial charge on any atom is -0.304 e. The number of rotatable bonds is 4. The maximum atomic E-state index is 4.65. The van der Waals surface area contributed by atoms with Gasteiger partial charge in [0.2, 0.25) is 0 Å². The predicted molar refractivity (Wildman–Crippen MR) is 91.2 cm³/mol. The third-order valence-corrected chi connectivity index (χ3v) is 5.29. The van der Waals surface area contributed by atoms with Crippen molar-refractivity contribution in [1.29, 1.82) is 0 Å². The molecule has 2 aromatic rings. The Balaban J connectivity index is 1.73. The van der Waals surface area contributed by atoms with Gasteiger partial charge in [0.05, 0.1) is 22.4 Å². The summed E-state index contributed by atoms with van der Waals surface area (Å²) >= 11 is 1.76. The molecule has 0 spiro atoms. The maximum absolute atomic E-state index is 4.65. The molecule has 2 aromatic heterocycles. The van der Waals surface area contributed by atoms with Crippen LogP contribution in [0.15, 0.2) is 11.6 Å². The van der Waals surface area contributed by atoms with Crippen LogP contribution in [-0.4, -0.2) is 14.8 Å². The highest BCUT2D eigenvalue weighted by Crippen LogP contribution is 2.32. The van der Waals surface area contributed by atoms with Crippen molar-refractivity contribution in [2.75, 3.05) is 0 Å². The average Bonchev–Trinajstić information content (AvgIpc) is 3.11. The number of aromatic nitrogens is 3. The number of fused-ring (bicyclic) bond motifs is 1. The monoisotopic (exact) mass is 318 g/mol. The molecule has 0 saturated heterocycles. The van der Waals surface area contributed by atoms with Crippen LogP contribution in [0.2, 0.25) is 0 Å². The molecule has 1 N–H and O–H groups in total. The van der Waals surface area contributed by atoms with E-state index in [0.29, 0.717) is 6.04 Å². The molecule has 1 aliphatic rings. The highest BCUT2D eigenvalue weighted by molar-refractivity contribution is 7.09. The van der Waals surface area contributed by atoms with Gasteiger partial charge in [0, 0.05) is 29.2 Å². The Morgan fingerprint density at radius 1 is 1.41 bits per heavy atom. The summed E-state index contributed by atoms with van der Waals surface area (Å²) in [5.41, 5.74) is 4.01. The van der Waals surface area contributed by atoms with Gasteiger partial charge in [-0.25, -0.2) is 4.98 Å². The largest absolute Gasteiger partial charge is 0.304 e. The summed E-state index contributed by atoms with van der Waals surface area (Å²) in [6.07, 6.45) is 6.64. The molecule has 5 heteroatoms. The third-order valence-electron chi connectivity index (χ3n) is 4.25. The van der Waals surface area contributed by atoms with Crippen LogP contribution in [0.1, 0.15) is 68.5 Å². The minimum absolute atomic E-state index is 0.0560. The first-order valence-corrected chi connectivity index (χ1v) is 9.11. The fourth-order valence-electron chi connectivity index (χ4n) is 3.17. The lowest BCUT2D eigenvalue weighted by atomic mass is 9.92. The second-order valence-corrected chi connectivity index (χ2v) is 7.98. The van der Waals surface area contributed by atoms with Gasteiger partial charge in [-0.05, 0) is 46.5 Å². The van der Waals surface area contributed by atoms with Gasteiger partial charge < -0.3 is 5.32 Å². The lowest BCUT2D eigenvalue weighted by molar-refractivity contribution is 0.334. The van der Waals surface area contributed by atoms with Crippen LogP contribution in [-0.2, 0) is 24.9 Å². The standard InChI is InChI=1S/C17H26N4S/c1-5-16-20-12(11-22-16)9-18-14-7-6-8-15-13(14)10-19-21(15)17(2,3)4/h10-11,14,18H,5-9H2,1-4H3. The van der Waals surface area contributed by atoms with E-state index in [1.165, 1.54) is 29.1 Å². The number of nitrogens with one attached hydrogen (secondary N) is 1. The molecule has 0 radical (unpaired) electrons. The summed E-state index contributed by atoms with van der Waals surface area (Å²) in [6, 6.07) is 0.409. The van der Waals surface area contributed by atoms with E-state index in [-0.39, 0.29) is 5.54 Å². The van der Waals surface area contributed by atoms with Crippen LogP contribution < -0.4 is 5.32 Å². The number of nitrogens with zero attached hydrogens (tertiary/aromatic N) is 3. The predicted octanol–water partition coefficient (Wildman–Crippen LogP) is 3.82. The number of hydrogen-bond donors (Lipinski definition) is 1. The summed E-state index contributed by atoms with van der Waals surface area (Å²) in [6.45, 7) is 9.67. The van der Waals surface area contributed by atoms with Gasteiger partial charge in [-0.2, -0.15) is 5.10 Å². The Morgan fingerprint density at radius 2 is 2.23 bits per heavy atom. The molecule has 22 heavy (non-hydrogen) atoms. The van der Waals surface area contributed by atoms with Crippen LogP contribution in [0.3, 0.4) is 0 Å². The molecule has 1 unspecified atom stereocenters. The van der Waals surface area contributed by atoms with Gasteiger partial charge >= 0.3 is 0 Å². The number of hydrogen-bond acceptors (Lipinski definition) is 4. The fourth-order valence-corrected chi connectivity index (χ4v) is 3.91. The smallest absolute Gasteiger partial charge is 0.0926 e. The Labute approximate surface area is 137 Å². The van der Waals surface area contributed by atoms with E-state index in [4.69, 9.17) is 0 Å². The van der Waals surface area contributed by atoms with Crippen LogP contribution in [0.25, 0.3) is 0 Å². The molecule has 0 aromatic carbocycles. The summed E-state index contributed by atoms with van der Waals surface area (Å²) in [5.74, 6) is 0. The van der Waals surface area contributed by atoms with Gasteiger partial charge in [0.1, 0.15) is 0 Å². The quantitative estimate of drug-likeness (QED) is 0.932. The third kappa shape index (κ3) is 3.10. The molecule has 2 heterocycles. The van der Waals surface area contributed by atoms with Crippen molar-refractivity contribution in [2.45, 2.75) is 71.5 Å². The zero-order valence-electron chi connectivity index (χ0n) is 14.0. The van der Waals surface area contributed by atoms with E-state index < -0.39 is 0 Å². The maximum Gasteiger partial charge on any atom is 0.0926 e. The average molecular weight is 318 g/mol. The van der Waals surface area contributed by atoms with Gasteiger partial charge in [-0.1, -0.05) is 6.92 Å². The fraction of sp³-hybridized carbons (Fsp3) is 0.647. The first-order valence-electron chi connectivity index (χ1n) is 8.23. The lowest BCUT2D eigenvalue weighted by Gasteiger charge is -2.28. The molecule has 1 aliphatic carbocycles. The van der Waals surface area contributed by atoms with Gasteiger partial charge in [-0.15, -0.1) is 11.3 Å². The molecular weight excluding hydrogens is 292 g/mol. The Hall–Kier alpha value is -1.20. The van der Waals surface area contributed by atoms with Gasteiger partial charge in [0.25, 0.3) is 0 Å². The number of thiazole rings is 1. The first-order chi connectivity index (χ1) is 10.5. The molecule has 1 atom stereocenters. The number of aryl methyl sites for hydroxylation is 1. The van der Waals surface area contributed by atoms with E-state index in [0.717, 1.165) is 25.1 Å². The summed E-state index contributed by atoms with van der Waals surface area (Å²) in [7, 11) is 0. The van der Waals surface area contributed by atoms with Crippen molar-refractivity contribution in [3.8, 4) is 0 Å². The molecule has 0 saturated carbocycles. The van der Waals surface area contributed by atoms with E-state index in [9.17, 15) is 0 Å². The molecule has 0 fully saturated rings. The minimum atomic E-state index is 0.0560. The highest BCUT2D eigenvalue weighted by atomic mass is 32.1. The Bertz CT molecular complexity index is 635. The molecule has 0 amide bonds. The molecule has 3 rings (SSSR count). The van der Waals surface area contributed by atoms with Crippen molar-refractivity contribution >= 4 is 11.3 Å². The normalized spacial score (nSPS) is 18.5. The van der Waals surface area contributed by atoms with Crippen LogP contribution >= 0.6 is 11.3 Å². The highest BCUT2D eigenvalue weighted by Gasteiger charge is 2.27. The van der Waals surface area contributed by atoms with Crippen molar-refractivity contribution in [1.82, 2.24) is 20.1 Å². The van der Waals surface area contributed by atoms with Crippen molar-refractivity contribution in [3.05, 3.63) is 33.5 Å². The van der Waals surface area contributed by atoms with Crippen molar-refractivity contribution in [2.24, 2.45) is 0 Å². The second kappa shape index (κ2) is 6.13. The van der Waals surface area contributed by atoms with Crippen LogP contribution in [0, 0.1) is 0 Å². The molecular formula is C17H26N4S. The van der Waals surface area contributed by atoms with Crippen LogP contribution in [0.4, 0.5) is 0 Å². The van der Waals surface area contributed by atoms with Crippen molar-refractivity contribution < 1.29 is 0 Å². The molecule has 0 aliphatic heterocycles. The SMILES string of the molecule is CCc1nc(CNC2CCCc3c2cnn3C(C)(C)C)cs1. The first kappa shape index (κ1) is 15.7. The molecule has 0 bridgehead atoms. The van der Waals surface area contributed by atoms with Gasteiger partial charge in [0.15, 0.2) is 0 Å². The van der Waals surface area contributed by atoms with E-state index in [2.05, 4.69) is 59.4 Å². The lowest BCUT2D eigenvalue weighted by Crippen LogP contribution is -2.29. The summed E-state index contributed by atoms with van der Waals surface area (Å²) in [4.78, 5) is 4.65. The van der Waals surface area contributed by atoms with Crippen molar-refractivity contribution in [3.63, 3.8) is 0 Å². The zero-order valence-corrected chi connectivity index (χ0v) is 14.8. The van der Waals surface area contributed by atoms with E-state index in [1.807, 2.05) is 0 Å². The Kier molecular flexibility index (Phi) is 4.37.